The number of halogens is 1. The van der Waals surface area contributed by atoms with Crippen LogP contribution in [0.2, 0.25) is 0 Å². The molecular weight excluding hydrogens is 431 g/mol. The van der Waals surface area contributed by atoms with E-state index in [0.717, 1.165) is 3.57 Å². The first kappa shape index (κ1) is 16.2. The summed E-state index contributed by atoms with van der Waals surface area (Å²) >= 11 is 2.10. The molecule has 2 aromatic carbocycles. The van der Waals surface area contributed by atoms with Crippen LogP contribution in [0.25, 0.3) is 11.1 Å². The first-order valence-electron chi connectivity index (χ1n) is 6.80. The molecule has 23 heavy (non-hydrogen) atoms. The Morgan fingerprint density at radius 3 is 2.48 bits per heavy atom. The van der Waals surface area contributed by atoms with Crippen LogP contribution in [0.4, 0.5) is 10.5 Å². The smallest absolute Gasteiger partial charge is 0.321 e. The normalized spacial score (nSPS) is 14.9. The Bertz CT molecular complexity index is 883. The van der Waals surface area contributed by atoms with Gasteiger partial charge in [-0.2, -0.15) is 8.42 Å². The molecule has 2 aromatic rings. The monoisotopic (exact) mass is 444 g/mol. The van der Waals surface area contributed by atoms with E-state index in [0.29, 0.717) is 29.9 Å². The molecule has 0 aromatic heterocycles. The van der Waals surface area contributed by atoms with Crippen LogP contribution in [0.3, 0.4) is 0 Å². The number of amides is 2. The maximum atomic E-state index is 11.8. The van der Waals surface area contributed by atoms with Crippen LogP contribution in [0.5, 0.6) is 0 Å². The predicted molar refractivity (Wildman–Crippen MR) is 95.2 cm³/mol. The molecule has 0 aliphatic carbocycles. The molecule has 0 unspecified atom stereocenters. The minimum absolute atomic E-state index is 0.176. The number of hydrogen-bond donors (Lipinski definition) is 2. The Balaban J connectivity index is 2.21. The van der Waals surface area contributed by atoms with Crippen molar-refractivity contribution in [3.63, 3.8) is 0 Å². The van der Waals surface area contributed by atoms with Gasteiger partial charge in [0.25, 0.3) is 10.1 Å². The molecule has 2 amide bonds. The molecule has 3 rings (SSSR count). The first-order chi connectivity index (χ1) is 10.9. The zero-order chi connectivity index (χ0) is 16.6. The van der Waals surface area contributed by atoms with E-state index in [1.807, 2.05) is 12.1 Å². The molecule has 0 atom stereocenters. The minimum Gasteiger partial charge on any atom is -0.336 e. The van der Waals surface area contributed by atoms with Crippen molar-refractivity contribution in [2.45, 2.75) is 4.90 Å². The molecule has 1 aliphatic heterocycles. The van der Waals surface area contributed by atoms with E-state index in [-0.39, 0.29) is 10.9 Å². The van der Waals surface area contributed by atoms with Gasteiger partial charge >= 0.3 is 6.03 Å². The number of hydrogen-bond acceptors (Lipinski definition) is 3. The fourth-order valence-corrected chi connectivity index (χ4v) is 3.88. The number of urea groups is 1. The quantitative estimate of drug-likeness (QED) is 0.563. The van der Waals surface area contributed by atoms with Gasteiger partial charge in [0.1, 0.15) is 4.90 Å². The van der Waals surface area contributed by atoms with Crippen LogP contribution in [-0.4, -0.2) is 32.1 Å². The SMILES string of the molecule is O=C1NCCN1c1ccc(S(=O)(=O)O)c(-c2ccccc2I)c1. The van der Waals surface area contributed by atoms with Gasteiger partial charge in [0.2, 0.25) is 0 Å². The number of nitrogens with zero attached hydrogens (tertiary/aromatic N) is 1. The highest BCUT2D eigenvalue weighted by molar-refractivity contribution is 14.1. The average molecular weight is 444 g/mol. The Morgan fingerprint density at radius 2 is 1.87 bits per heavy atom. The molecule has 0 spiro atoms. The average Bonchev–Trinajstić information content (AvgIpc) is 2.92. The number of carbonyl (C=O) groups is 1. The standard InChI is InChI=1S/C15H13IN2O4S/c16-13-4-2-1-3-11(13)12-9-10(18-8-7-17-15(18)19)5-6-14(12)23(20,21)22/h1-6,9H,7-8H2,(H,17,19)(H,20,21,22). The number of anilines is 1. The van der Waals surface area contributed by atoms with Gasteiger partial charge in [0.05, 0.1) is 0 Å². The van der Waals surface area contributed by atoms with Crippen molar-refractivity contribution in [3.8, 4) is 11.1 Å². The molecule has 0 bridgehead atoms. The van der Waals surface area contributed by atoms with Gasteiger partial charge in [-0.15, -0.1) is 0 Å². The molecule has 6 nitrogen and oxygen atoms in total. The Labute approximate surface area is 147 Å². The van der Waals surface area contributed by atoms with Crippen molar-refractivity contribution in [1.29, 1.82) is 0 Å². The van der Waals surface area contributed by atoms with Crippen molar-refractivity contribution in [1.82, 2.24) is 5.32 Å². The van der Waals surface area contributed by atoms with Gasteiger partial charge in [-0.25, -0.2) is 4.79 Å². The molecule has 1 heterocycles. The van der Waals surface area contributed by atoms with Gasteiger partial charge in [-0.05, 0) is 52.4 Å². The van der Waals surface area contributed by atoms with Crippen LogP contribution in [-0.2, 0) is 10.1 Å². The molecule has 2 N–H and O–H groups in total. The fourth-order valence-electron chi connectivity index (χ4n) is 2.52. The molecule has 0 radical (unpaired) electrons. The summed E-state index contributed by atoms with van der Waals surface area (Å²) in [7, 11) is -4.37. The summed E-state index contributed by atoms with van der Waals surface area (Å²) in [6.07, 6.45) is 0. The highest BCUT2D eigenvalue weighted by Crippen LogP contribution is 2.34. The summed E-state index contributed by atoms with van der Waals surface area (Å²) in [6, 6.07) is 11.5. The number of rotatable bonds is 3. The maximum absolute atomic E-state index is 11.8. The molecular formula is C15H13IN2O4S. The van der Waals surface area contributed by atoms with Crippen molar-refractivity contribution in [2.24, 2.45) is 0 Å². The molecule has 120 valence electrons. The van der Waals surface area contributed by atoms with E-state index in [9.17, 15) is 17.8 Å². The highest BCUT2D eigenvalue weighted by Gasteiger charge is 2.24. The van der Waals surface area contributed by atoms with Crippen LogP contribution in [0, 0.1) is 3.57 Å². The predicted octanol–water partition coefficient (Wildman–Crippen LogP) is 2.73. The molecule has 0 saturated carbocycles. The molecule has 1 saturated heterocycles. The lowest BCUT2D eigenvalue weighted by molar-refractivity contribution is 0.252. The van der Waals surface area contributed by atoms with Crippen molar-refractivity contribution < 1.29 is 17.8 Å². The molecule has 8 heteroatoms. The van der Waals surface area contributed by atoms with Gasteiger partial charge in [0, 0.05) is 27.9 Å². The lowest BCUT2D eigenvalue weighted by Gasteiger charge is -2.17. The van der Waals surface area contributed by atoms with E-state index in [2.05, 4.69) is 27.9 Å². The topological polar surface area (TPSA) is 86.7 Å². The second-order valence-corrected chi connectivity index (χ2v) is 7.57. The zero-order valence-corrected chi connectivity index (χ0v) is 14.8. The number of benzene rings is 2. The van der Waals surface area contributed by atoms with Crippen LogP contribution in [0.15, 0.2) is 47.4 Å². The van der Waals surface area contributed by atoms with Crippen molar-refractivity contribution in [2.75, 3.05) is 18.0 Å². The summed E-state index contributed by atoms with van der Waals surface area (Å²) in [4.78, 5) is 13.2. The second-order valence-electron chi connectivity index (χ2n) is 5.02. The summed E-state index contributed by atoms with van der Waals surface area (Å²) in [5, 5.41) is 2.70. The molecule has 1 aliphatic rings. The van der Waals surface area contributed by atoms with Gasteiger partial charge in [-0.3, -0.25) is 9.45 Å². The van der Waals surface area contributed by atoms with Gasteiger partial charge < -0.3 is 5.32 Å². The van der Waals surface area contributed by atoms with Gasteiger partial charge in [-0.1, -0.05) is 18.2 Å². The second kappa shape index (κ2) is 6.10. The summed E-state index contributed by atoms with van der Waals surface area (Å²) in [5.74, 6) is 0. The van der Waals surface area contributed by atoms with Gasteiger partial charge in [0.15, 0.2) is 0 Å². The van der Waals surface area contributed by atoms with Crippen LogP contribution < -0.4 is 10.2 Å². The maximum Gasteiger partial charge on any atom is 0.321 e. The van der Waals surface area contributed by atoms with E-state index in [1.165, 1.54) is 17.0 Å². The summed E-state index contributed by atoms with van der Waals surface area (Å²) < 4.78 is 33.7. The third-order valence-electron chi connectivity index (χ3n) is 3.57. The van der Waals surface area contributed by atoms with Crippen LogP contribution in [0.1, 0.15) is 0 Å². The van der Waals surface area contributed by atoms with Crippen molar-refractivity contribution >= 4 is 44.4 Å². The first-order valence-corrected chi connectivity index (χ1v) is 9.31. The van der Waals surface area contributed by atoms with E-state index < -0.39 is 10.1 Å². The Kier molecular flexibility index (Phi) is 4.30. The Morgan fingerprint density at radius 1 is 1.13 bits per heavy atom. The number of carbonyl (C=O) groups excluding carboxylic acids is 1. The van der Waals surface area contributed by atoms with Crippen molar-refractivity contribution in [3.05, 3.63) is 46.0 Å². The lowest BCUT2D eigenvalue weighted by atomic mass is 10.0. The summed E-state index contributed by atoms with van der Waals surface area (Å²) in [6.45, 7) is 1.05. The zero-order valence-electron chi connectivity index (χ0n) is 11.9. The molecule has 1 fully saturated rings. The minimum atomic E-state index is -4.37. The number of nitrogens with one attached hydrogen (secondary N) is 1. The largest absolute Gasteiger partial charge is 0.336 e. The lowest BCUT2D eigenvalue weighted by Crippen LogP contribution is -2.27. The van der Waals surface area contributed by atoms with E-state index in [4.69, 9.17) is 0 Å². The Hall–Kier alpha value is -1.65. The summed E-state index contributed by atoms with van der Waals surface area (Å²) in [5.41, 5.74) is 1.64. The third-order valence-corrected chi connectivity index (χ3v) is 5.43. The fraction of sp³-hybridized carbons (Fsp3) is 0.133. The highest BCUT2D eigenvalue weighted by atomic mass is 127. The third kappa shape index (κ3) is 3.19. The van der Waals surface area contributed by atoms with E-state index in [1.54, 1.807) is 18.2 Å². The van der Waals surface area contributed by atoms with Crippen LogP contribution >= 0.6 is 22.6 Å². The van der Waals surface area contributed by atoms with E-state index >= 15 is 0 Å².